The third kappa shape index (κ3) is 4.44. The molecule has 7 nitrogen and oxygen atoms in total. The molecule has 3 rings (SSSR count). The van der Waals surface area contributed by atoms with Crippen molar-refractivity contribution in [3.8, 4) is 11.3 Å². The first-order chi connectivity index (χ1) is 12.3. The van der Waals surface area contributed by atoms with Crippen molar-refractivity contribution in [1.82, 2.24) is 9.62 Å². The largest absolute Gasteiger partial charge is 0.461 e. The fourth-order valence-corrected chi connectivity index (χ4v) is 3.94. The number of urea groups is 1. The maximum Gasteiger partial charge on any atom is 0.319 e. The Kier molecular flexibility index (Phi) is 5.33. The Hall–Kier alpha value is -2.32. The summed E-state index contributed by atoms with van der Waals surface area (Å²) in [6, 6.07) is 10.8. The number of rotatable bonds is 4. The Morgan fingerprint density at radius 3 is 2.46 bits per heavy atom. The summed E-state index contributed by atoms with van der Waals surface area (Å²) in [5.74, 6) is 1.50. The molecule has 2 N–H and O–H groups in total. The highest BCUT2D eigenvalue weighted by Gasteiger charge is 2.25. The Morgan fingerprint density at radius 1 is 1.15 bits per heavy atom. The highest BCUT2D eigenvalue weighted by Crippen LogP contribution is 2.29. The smallest absolute Gasteiger partial charge is 0.319 e. The second-order valence-electron chi connectivity index (χ2n) is 6.49. The van der Waals surface area contributed by atoms with Crippen LogP contribution in [-0.2, 0) is 10.0 Å². The Morgan fingerprint density at radius 2 is 1.85 bits per heavy atom. The molecular weight excluding hydrogens is 354 g/mol. The molecule has 0 saturated carbocycles. The van der Waals surface area contributed by atoms with E-state index in [-0.39, 0.29) is 12.1 Å². The number of sulfonamides is 1. The van der Waals surface area contributed by atoms with Crippen LogP contribution in [0.1, 0.15) is 18.6 Å². The van der Waals surface area contributed by atoms with Gasteiger partial charge in [-0.15, -0.1) is 0 Å². The SMILES string of the molecule is Cc1ccc(-c2ccccc2NC(=O)NC2CCN(S(C)(=O)=O)CC2)o1. The monoisotopic (exact) mass is 377 g/mol. The molecule has 140 valence electrons. The van der Waals surface area contributed by atoms with E-state index in [1.165, 1.54) is 10.6 Å². The summed E-state index contributed by atoms with van der Waals surface area (Å²) in [6.07, 6.45) is 2.40. The number of aryl methyl sites for hydroxylation is 1. The lowest BCUT2D eigenvalue weighted by atomic mass is 10.1. The van der Waals surface area contributed by atoms with Gasteiger partial charge in [0.2, 0.25) is 10.0 Å². The lowest BCUT2D eigenvalue weighted by Gasteiger charge is -2.30. The number of amides is 2. The molecule has 0 atom stereocenters. The van der Waals surface area contributed by atoms with Crippen molar-refractivity contribution in [2.45, 2.75) is 25.8 Å². The molecule has 2 aromatic rings. The molecule has 0 spiro atoms. The minimum Gasteiger partial charge on any atom is -0.461 e. The van der Waals surface area contributed by atoms with E-state index in [0.29, 0.717) is 37.4 Å². The summed E-state index contributed by atoms with van der Waals surface area (Å²) in [5, 5.41) is 5.79. The van der Waals surface area contributed by atoms with Gasteiger partial charge >= 0.3 is 6.03 Å². The topological polar surface area (TPSA) is 91.7 Å². The van der Waals surface area contributed by atoms with Crippen molar-refractivity contribution < 1.29 is 17.6 Å². The summed E-state index contributed by atoms with van der Waals surface area (Å²) < 4.78 is 30.2. The molecule has 2 heterocycles. The molecular formula is C18H23N3O4S. The molecule has 0 radical (unpaired) electrons. The summed E-state index contributed by atoms with van der Waals surface area (Å²) in [7, 11) is -3.17. The van der Waals surface area contributed by atoms with E-state index in [2.05, 4.69) is 10.6 Å². The van der Waals surface area contributed by atoms with Gasteiger partial charge < -0.3 is 15.1 Å². The van der Waals surface area contributed by atoms with E-state index in [4.69, 9.17) is 4.42 Å². The maximum atomic E-state index is 12.4. The van der Waals surface area contributed by atoms with Crippen LogP contribution >= 0.6 is 0 Å². The lowest BCUT2D eigenvalue weighted by molar-refractivity contribution is 0.238. The zero-order valence-corrected chi connectivity index (χ0v) is 15.7. The van der Waals surface area contributed by atoms with Gasteiger partial charge in [-0.2, -0.15) is 0 Å². The van der Waals surface area contributed by atoms with Crippen molar-refractivity contribution in [3.63, 3.8) is 0 Å². The zero-order valence-electron chi connectivity index (χ0n) is 14.9. The number of anilines is 1. The second kappa shape index (κ2) is 7.51. The van der Waals surface area contributed by atoms with Gasteiger partial charge in [0.1, 0.15) is 11.5 Å². The highest BCUT2D eigenvalue weighted by atomic mass is 32.2. The van der Waals surface area contributed by atoms with Crippen LogP contribution in [0.5, 0.6) is 0 Å². The van der Waals surface area contributed by atoms with Crippen LogP contribution in [0.4, 0.5) is 10.5 Å². The van der Waals surface area contributed by atoms with Gasteiger partial charge in [-0.3, -0.25) is 0 Å². The number of furan rings is 1. The molecule has 2 amide bonds. The fourth-order valence-electron chi connectivity index (χ4n) is 3.06. The van der Waals surface area contributed by atoms with Crippen molar-refractivity contribution in [2.75, 3.05) is 24.7 Å². The number of nitrogens with zero attached hydrogens (tertiary/aromatic N) is 1. The second-order valence-corrected chi connectivity index (χ2v) is 8.47. The molecule has 1 aliphatic heterocycles. The number of carbonyl (C=O) groups is 1. The Labute approximate surface area is 153 Å². The molecule has 1 fully saturated rings. The van der Waals surface area contributed by atoms with Crippen LogP contribution in [0.2, 0.25) is 0 Å². The number of benzene rings is 1. The molecule has 26 heavy (non-hydrogen) atoms. The predicted molar refractivity (Wildman–Crippen MR) is 100 cm³/mol. The first kappa shape index (κ1) is 18.5. The van der Waals surface area contributed by atoms with Gasteiger partial charge in [0.15, 0.2) is 0 Å². The normalized spacial score (nSPS) is 16.4. The van der Waals surface area contributed by atoms with Gasteiger partial charge in [0.05, 0.1) is 11.9 Å². The van der Waals surface area contributed by atoms with E-state index < -0.39 is 10.0 Å². The standard InChI is InChI=1S/C18H23N3O4S/c1-13-7-8-17(25-13)15-5-3-4-6-16(15)20-18(22)19-14-9-11-21(12-10-14)26(2,23)24/h3-8,14H,9-12H2,1-2H3,(H2,19,20,22). The molecule has 1 saturated heterocycles. The van der Waals surface area contributed by atoms with Crippen molar-refractivity contribution in [3.05, 3.63) is 42.2 Å². The third-order valence-electron chi connectivity index (χ3n) is 4.44. The van der Waals surface area contributed by atoms with E-state index in [9.17, 15) is 13.2 Å². The first-order valence-corrected chi connectivity index (χ1v) is 10.4. The molecule has 1 aromatic heterocycles. The minimum absolute atomic E-state index is 0.0500. The van der Waals surface area contributed by atoms with E-state index >= 15 is 0 Å². The molecule has 0 unspecified atom stereocenters. The Balaban J connectivity index is 1.61. The van der Waals surface area contributed by atoms with Gasteiger partial charge in [0.25, 0.3) is 0 Å². The average molecular weight is 377 g/mol. The number of hydrogen-bond donors (Lipinski definition) is 2. The van der Waals surface area contributed by atoms with E-state index in [1.807, 2.05) is 43.3 Å². The molecule has 8 heteroatoms. The van der Waals surface area contributed by atoms with Gasteiger partial charge in [0, 0.05) is 24.7 Å². The van der Waals surface area contributed by atoms with Gasteiger partial charge in [-0.25, -0.2) is 17.5 Å². The van der Waals surface area contributed by atoms with Gasteiger partial charge in [-0.05, 0) is 44.0 Å². The maximum absolute atomic E-state index is 12.4. The van der Waals surface area contributed by atoms with Crippen LogP contribution < -0.4 is 10.6 Å². The zero-order chi connectivity index (χ0) is 18.7. The fraction of sp³-hybridized carbons (Fsp3) is 0.389. The third-order valence-corrected chi connectivity index (χ3v) is 5.74. The Bertz CT molecular complexity index is 883. The molecule has 0 aliphatic carbocycles. The van der Waals surface area contributed by atoms with Crippen LogP contribution in [0.25, 0.3) is 11.3 Å². The summed E-state index contributed by atoms with van der Waals surface area (Å²) in [4.78, 5) is 12.4. The van der Waals surface area contributed by atoms with Crippen molar-refractivity contribution in [1.29, 1.82) is 0 Å². The lowest BCUT2D eigenvalue weighted by Crippen LogP contribution is -2.47. The number of carbonyl (C=O) groups excluding carboxylic acids is 1. The molecule has 1 aromatic carbocycles. The number of para-hydroxylation sites is 1. The predicted octanol–water partition coefficient (Wildman–Crippen LogP) is 2.80. The van der Waals surface area contributed by atoms with Crippen LogP contribution in [0.15, 0.2) is 40.8 Å². The van der Waals surface area contributed by atoms with Crippen molar-refractivity contribution >= 4 is 21.7 Å². The van der Waals surface area contributed by atoms with E-state index in [1.54, 1.807) is 0 Å². The molecule has 1 aliphatic rings. The average Bonchev–Trinajstić information content (AvgIpc) is 3.01. The van der Waals surface area contributed by atoms with Gasteiger partial charge in [-0.1, -0.05) is 12.1 Å². The summed E-state index contributed by atoms with van der Waals surface area (Å²) >= 11 is 0. The first-order valence-electron chi connectivity index (χ1n) is 8.51. The highest BCUT2D eigenvalue weighted by molar-refractivity contribution is 7.88. The van der Waals surface area contributed by atoms with E-state index in [0.717, 1.165) is 11.3 Å². The summed E-state index contributed by atoms with van der Waals surface area (Å²) in [5.41, 5.74) is 1.47. The van der Waals surface area contributed by atoms with Crippen LogP contribution in [-0.4, -0.2) is 44.1 Å². The van der Waals surface area contributed by atoms with Crippen molar-refractivity contribution in [2.24, 2.45) is 0 Å². The van der Waals surface area contributed by atoms with Crippen LogP contribution in [0, 0.1) is 6.92 Å². The number of hydrogen-bond acceptors (Lipinski definition) is 4. The minimum atomic E-state index is -3.17. The quantitative estimate of drug-likeness (QED) is 0.857. The van der Waals surface area contributed by atoms with Crippen LogP contribution in [0.3, 0.4) is 0 Å². The molecule has 0 bridgehead atoms. The number of nitrogens with one attached hydrogen (secondary N) is 2. The summed E-state index contributed by atoms with van der Waals surface area (Å²) in [6.45, 7) is 2.72. The number of piperidine rings is 1.